The third-order valence-corrected chi connectivity index (χ3v) is 0.992. The molecule has 0 amide bonds. The van der Waals surface area contributed by atoms with Crippen LogP contribution in [0.2, 0.25) is 0 Å². The second-order valence-electron chi connectivity index (χ2n) is 3.54. The fourth-order valence-corrected chi connectivity index (χ4v) is 0.746. The number of aliphatic carboxylic acids is 1. The van der Waals surface area contributed by atoms with Crippen molar-refractivity contribution in [2.45, 2.75) is 6.42 Å². The highest BCUT2D eigenvalue weighted by molar-refractivity contribution is 5.94. The number of likely N-dealkylation sites (N-methyl/N-ethyl adjacent to an activating group) is 1. The summed E-state index contributed by atoms with van der Waals surface area (Å²) in [5, 5.41) is 9.96. The van der Waals surface area contributed by atoms with Crippen molar-refractivity contribution < 1.29 is 19.2 Å². The molecule has 0 rings (SSSR count). The Bertz CT molecular complexity index is 169. The van der Waals surface area contributed by atoms with Gasteiger partial charge in [0.05, 0.1) is 27.6 Å². The summed E-state index contributed by atoms with van der Waals surface area (Å²) in [6, 6.07) is 0. The van der Waals surface area contributed by atoms with Crippen LogP contribution >= 0.6 is 0 Å². The first-order valence-electron chi connectivity index (χ1n) is 3.33. The van der Waals surface area contributed by atoms with Gasteiger partial charge in [0.1, 0.15) is 6.54 Å². The van der Waals surface area contributed by atoms with Crippen molar-refractivity contribution in [2.24, 2.45) is 0 Å². The molecule has 0 spiro atoms. The zero-order chi connectivity index (χ0) is 9.07. The van der Waals surface area contributed by atoms with E-state index in [0.717, 1.165) is 0 Å². The fourth-order valence-electron chi connectivity index (χ4n) is 0.746. The van der Waals surface area contributed by atoms with E-state index in [0.29, 0.717) is 4.48 Å². The third-order valence-electron chi connectivity index (χ3n) is 0.992. The maximum Gasteiger partial charge on any atom is 0.192 e. The van der Waals surface area contributed by atoms with Gasteiger partial charge in [0.15, 0.2) is 5.78 Å². The molecule has 0 aliphatic heterocycles. The largest absolute Gasteiger partial charge is 0.550 e. The van der Waals surface area contributed by atoms with Gasteiger partial charge in [-0.3, -0.25) is 4.79 Å². The quantitative estimate of drug-likeness (QED) is 0.367. The van der Waals surface area contributed by atoms with Crippen LogP contribution in [0.5, 0.6) is 0 Å². The summed E-state index contributed by atoms with van der Waals surface area (Å²) in [5.74, 6) is -1.60. The second-order valence-corrected chi connectivity index (χ2v) is 3.54. The first-order valence-corrected chi connectivity index (χ1v) is 3.33. The van der Waals surface area contributed by atoms with Crippen LogP contribution in [-0.4, -0.2) is 43.9 Å². The second kappa shape index (κ2) is 3.48. The van der Waals surface area contributed by atoms with Gasteiger partial charge >= 0.3 is 0 Å². The summed E-state index contributed by atoms with van der Waals surface area (Å²) in [4.78, 5) is 20.8. The van der Waals surface area contributed by atoms with Gasteiger partial charge < -0.3 is 14.4 Å². The van der Waals surface area contributed by atoms with Crippen LogP contribution in [0.25, 0.3) is 0 Å². The van der Waals surface area contributed by atoms with Gasteiger partial charge in [-0.25, -0.2) is 0 Å². The minimum Gasteiger partial charge on any atom is -0.550 e. The number of nitrogens with zero attached hydrogens (tertiary/aromatic N) is 1. The Morgan fingerprint density at radius 2 is 1.73 bits per heavy atom. The van der Waals surface area contributed by atoms with Gasteiger partial charge in [0.2, 0.25) is 0 Å². The van der Waals surface area contributed by atoms with E-state index in [1.807, 2.05) is 21.1 Å². The monoisotopic (exact) mass is 159 g/mol. The molecular formula is C7H13NO3. The lowest BCUT2D eigenvalue weighted by molar-refractivity contribution is -0.862. The molecule has 0 aromatic carbocycles. The van der Waals surface area contributed by atoms with Crippen LogP contribution in [0.15, 0.2) is 0 Å². The number of hydrogen-bond donors (Lipinski definition) is 0. The number of carboxylic acids is 1. The molecule has 0 heterocycles. The Morgan fingerprint density at radius 3 is 2.00 bits per heavy atom. The summed E-state index contributed by atoms with van der Waals surface area (Å²) >= 11 is 0. The first-order chi connectivity index (χ1) is 4.81. The highest BCUT2D eigenvalue weighted by Crippen LogP contribution is 1.92. The van der Waals surface area contributed by atoms with Crippen LogP contribution < -0.4 is 5.11 Å². The van der Waals surface area contributed by atoms with Crippen molar-refractivity contribution in [3.8, 4) is 0 Å². The molecule has 0 saturated carbocycles. The Hall–Kier alpha value is -0.900. The standard InChI is InChI=1S/C7H13NO3/c1-8(2,3)5-6(9)4-7(10)11/h4-5H2,1-3H3. The van der Waals surface area contributed by atoms with Crippen LogP contribution in [-0.2, 0) is 9.59 Å². The third kappa shape index (κ3) is 6.99. The Kier molecular flexibility index (Phi) is 3.19. The van der Waals surface area contributed by atoms with Crippen molar-refractivity contribution in [2.75, 3.05) is 27.7 Å². The molecule has 64 valence electrons. The Morgan fingerprint density at radius 1 is 1.27 bits per heavy atom. The predicted octanol–water partition coefficient (Wildman–Crippen LogP) is -1.60. The van der Waals surface area contributed by atoms with Crippen LogP contribution in [0.4, 0.5) is 0 Å². The molecule has 0 aliphatic carbocycles. The predicted molar refractivity (Wildman–Crippen MR) is 37.5 cm³/mol. The Balaban J connectivity index is 3.80. The topological polar surface area (TPSA) is 57.2 Å². The van der Waals surface area contributed by atoms with Gasteiger partial charge in [-0.2, -0.15) is 0 Å². The highest BCUT2D eigenvalue weighted by atomic mass is 16.4. The number of carbonyl (C=O) groups excluding carboxylic acids is 2. The number of rotatable bonds is 4. The molecule has 0 aromatic heterocycles. The molecular weight excluding hydrogens is 146 g/mol. The van der Waals surface area contributed by atoms with E-state index in [1.165, 1.54) is 0 Å². The molecule has 0 aliphatic rings. The summed E-state index contributed by atoms with van der Waals surface area (Å²) in [7, 11) is 5.48. The number of Topliss-reactive ketones (excluding diaryl/α,β-unsaturated/α-hetero) is 1. The van der Waals surface area contributed by atoms with Gasteiger partial charge in [-0.15, -0.1) is 0 Å². The van der Waals surface area contributed by atoms with E-state index >= 15 is 0 Å². The molecule has 11 heavy (non-hydrogen) atoms. The lowest BCUT2D eigenvalue weighted by Crippen LogP contribution is -2.41. The van der Waals surface area contributed by atoms with Crippen molar-refractivity contribution in [1.82, 2.24) is 0 Å². The van der Waals surface area contributed by atoms with Gasteiger partial charge in [-0.1, -0.05) is 0 Å². The van der Waals surface area contributed by atoms with E-state index < -0.39 is 12.4 Å². The summed E-state index contributed by atoms with van der Waals surface area (Å²) < 4.78 is 0.451. The molecule has 0 saturated heterocycles. The molecule has 0 atom stereocenters. The molecule has 0 fully saturated rings. The van der Waals surface area contributed by atoms with Crippen molar-refractivity contribution in [1.29, 1.82) is 0 Å². The van der Waals surface area contributed by atoms with E-state index in [4.69, 9.17) is 0 Å². The number of carbonyl (C=O) groups is 2. The summed E-state index contributed by atoms with van der Waals surface area (Å²) in [5.41, 5.74) is 0. The van der Waals surface area contributed by atoms with E-state index in [-0.39, 0.29) is 12.3 Å². The number of carboxylic acid groups (broad SMARTS) is 1. The van der Waals surface area contributed by atoms with Gasteiger partial charge in [-0.05, 0) is 0 Å². The Labute approximate surface area is 66.0 Å². The van der Waals surface area contributed by atoms with E-state index in [9.17, 15) is 14.7 Å². The van der Waals surface area contributed by atoms with Crippen molar-refractivity contribution >= 4 is 11.8 Å². The number of hydrogen-bond acceptors (Lipinski definition) is 3. The van der Waals surface area contributed by atoms with Crippen molar-refractivity contribution in [3.05, 3.63) is 0 Å². The maximum atomic E-state index is 10.8. The zero-order valence-corrected chi connectivity index (χ0v) is 7.09. The zero-order valence-electron chi connectivity index (χ0n) is 7.09. The molecule has 0 aromatic rings. The van der Waals surface area contributed by atoms with Crippen molar-refractivity contribution in [3.63, 3.8) is 0 Å². The SMILES string of the molecule is C[N+](C)(C)CC(=O)CC(=O)[O-]. The summed E-state index contributed by atoms with van der Waals surface area (Å²) in [6.07, 6.45) is -0.477. The maximum absolute atomic E-state index is 10.8. The lowest BCUT2D eigenvalue weighted by atomic mass is 10.2. The molecule has 0 unspecified atom stereocenters. The molecule has 0 N–H and O–H groups in total. The highest BCUT2D eigenvalue weighted by Gasteiger charge is 2.13. The average Bonchev–Trinajstić information content (AvgIpc) is 1.53. The summed E-state index contributed by atoms with van der Waals surface area (Å²) in [6.45, 7) is 0.230. The van der Waals surface area contributed by atoms with Crippen LogP contribution in [0.3, 0.4) is 0 Å². The normalized spacial score (nSPS) is 11.2. The van der Waals surface area contributed by atoms with Crippen LogP contribution in [0.1, 0.15) is 6.42 Å². The van der Waals surface area contributed by atoms with E-state index in [1.54, 1.807) is 0 Å². The first kappa shape index (κ1) is 10.1. The van der Waals surface area contributed by atoms with Gasteiger partial charge in [0, 0.05) is 5.97 Å². The molecule has 0 bridgehead atoms. The average molecular weight is 159 g/mol. The molecule has 4 heteroatoms. The van der Waals surface area contributed by atoms with E-state index in [2.05, 4.69) is 0 Å². The minimum atomic E-state index is -1.30. The van der Waals surface area contributed by atoms with Gasteiger partial charge in [0.25, 0.3) is 0 Å². The number of quaternary nitrogens is 1. The number of ketones is 1. The molecule has 4 nitrogen and oxygen atoms in total. The fraction of sp³-hybridized carbons (Fsp3) is 0.714. The smallest absolute Gasteiger partial charge is 0.192 e. The lowest BCUT2D eigenvalue weighted by Gasteiger charge is -2.22. The minimum absolute atomic E-state index is 0.230. The molecule has 0 radical (unpaired) electrons. The van der Waals surface area contributed by atoms with Crippen LogP contribution in [0, 0.1) is 0 Å².